The minimum Gasteiger partial charge on any atom is -0.478 e. The molecule has 1 aromatic carbocycles. The molecule has 0 amide bonds. The molecule has 11 unspecified atom stereocenters. The van der Waals surface area contributed by atoms with Crippen molar-refractivity contribution in [1.82, 2.24) is 10.2 Å². The number of nitrogens with zero attached hydrogens (tertiary/aromatic N) is 1. The molecule has 250 valence electrons. The maximum atomic E-state index is 11.5. The van der Waals surface area contributed by atoms with Gasteiger partial charge in [0.25, 0.3) is 0 Å². The fraction of sp³-hybridized carbons (Fsp3) is 0.786. The molecule has 0 radical (unpaired) electrons. The van der Waals surface area contributed by atoms with E-state index in [0.717, 1.165) is 41.0 Å². The third-order valence-corrected chi connectivity index (χ3v) is 17.4. The lowest BCUT2D eigenvalue weighted by molar-refractivity contribution is -0.164. The van der Waals surface area contributed by atoms with Crippen LogP contribution >= 0.6 is 0 Å². The molecule has 1 aromatic rings. The van der Waals surface area contributed by atoms with Crippen LogP contribution < -0.4 is 5.32 Å². The lowest BCUT2D eigenvalue weighted by atomic mass is 9.38. The van der Waals surface area contributed by atoms with Crippen LogP contribution in [-0.4, -0.2) is 47.2 Å². The summed E-state index contributed by atoms with van der Waals surface area (Å²) in [7, 11) is 0. The smallest absolute Gasteiger partial charge is 0.335 e. The van der Waals surface area contributed by atoms with Crippen LogP contribution in [0.1, 0.15) is 128 Å². The van der Waals surface area contributed by atoms with E-state index in [9.17, 15) is 9.90 Å². The number of nitrogens with one attached hydrogen (secondary N) is 1. The summed E-state index contributed by atoms with van der Waals surface area (Å²) < 4.78 is 0. The summed E-state index contributed by atoms with van der Waals surface area (Å²) in [5.74, 6) is 4.94. The van der Waals surface area contributed by atoms with Crippen LogP contribution in [-0.2, 0) is 0 Å². The normalized spacial score (nSPS) is 49.7. The molecule has 0 aromatic heterocycles. The highest BCUT2D eigenvalue weighted by Crippen LogP contribution is 2.76. The lowest BCUT2D eigenvalue weighted by Crippen LogP contribution is -2.64. The van der Waals surface area contributed by atoms with E-state index in [4.69, 9.17) is 0 Å². The number of allylic oxidation sites excluding steroid dienone is 2. The molecule has 1 saturated heterocycles. The van der Waals surface area contributed by atoms with Gasteiger partial charge in [-0.05, 0) is 152 Å². The van der Waals surface area contributed by atoms with E-state index in [1.54, 1.807) is 12.1 Å². The van der Waals surface area contributed by atoms with Crippen molar-refractivity contribution in [1.29, 1.82) is 0 Å². The second-order valence-electron chi connectivity index (χ2n) is 19.4. The maximum absolute atomic E-state index is 11.5. The van der Waals surface area contributed by atoms with Gasteiger partial charge in [0.05, 0.1) is 5.56 Å². The van der Waals surface area contributed by atoms with Crippen LogP contribution in [0, 0.1) is 63.1 Å². The predicted molar refractivity (Wildman–Crippen MR) is 185 cm³/mol. The molecule has 4 nitrogen and oxygen atoms in total. The van der Waals surface area contributed by atoms with Gasteiger partial charge in [-0.2, -0.15) is 0 Å². The fourth-order valence-corrected chi connectivity index (χ4v) is 15.4. The Kier molecular flexibility index (Phi) is 6.59. The first-order chi connectivity index (χ1) is 21.9. The molecule has 9 rings (SSSR count). The number of carboxylic acid groups (broad SMARTS) is 1. The van der Waals surface area contributed by atoms with Crippen molar-refractivity contribution in [2.75, 3.05) is 19.6 Å². The van der Waals surface area contributed by atoms with Gasteiger partial charge in [0.1, 0.15) is 0 Å². The van der Waals surface area contributed by atoms with Crippen molar-refractivity contribution in [3.63, 3.8) is 0 Å². The van der Waals surface area contributed by atoms with Gasteiger partial charge in [-0.15, -0.1) is 0 Å². The van der Waals surface area contributed by atoms with Gasteiger partial charge in [-0.3, -0.25) is 4.90 Å². The Balaban J connectivity index is 0.891. The second-order valence-corrected chi connectivity index (χ2v) is 19.4. The molecular formula is C42H60N2O2. The number of hydrogen-bond donors (Lipinski definition) is 2. The van der Waals surface area contributed by atoms with Crippen molar-refractivity contribution >= 4 is 11.5 Å². The van der Waals surface area contributed by atoms with Crippen molar-refractivity contribution in [3.05, 3.63) is 41.5 Å². The van der Waals surface area contributed by atoms with E-state index in [1.165, 1.54) is 108 Å². The average Bonchev–Trinajstić information content (AvgIpc) is 3.61. The van der Waals surface area contributed by atoms with E-state index in [-0.39, 0.29) is 0 Å². The Labute approximate surface area is 278 Å². The summed E-state index contributed by atoms with van der Waals surface area (Å²) >= 11 is 0. The van der Waals surface area contributed by atoms with E-state index in [1.807, 2.05) is 12.1 Å². The molecule has 2 N–H and O–H groups in total. The Hall–Kier alpha value is -1.65. The third-order valence-electron chi connectivity index (χ3n) is 17.4. The summed E-state index contributed by atoms with van der Waals surface area (Å²) in [5.41, 5.74) is 5.64. The number of rotatable bonds is 6. The predicted octanol–water partition coefficient (Wildman–Crippen LogP) is 8.92. The van der Waals surface area contributed by atoms with Crippen LogP contribution in [0.25, 0.3) is 5.57 Å². The number of carbonyl (C=O) groups is 1. The van der Waals surface area contributed by atoms with Gasteiger partial charge >= 0.3 is 5.97 Å². The van der Waals surface area contributed by atoms with E-state index >= 15 is 0 Å². The quantitative estimate of drug-likeness (QED) is 0.332. The highest BCUT2D eigenvalue weighted by atomic mass is 16.4. The first kappa shape index (κ1) is 30.4. The van der Waals surface area contributed by atoms with Gasteiger partial charge in [-0.25, -0.2) is 4.79 Å². The summed E-state index contributed by atoms with van der Waals surface area (Å²) in [6.07, 6.45) is 19.5. The Bertz CT molecular complexity index is 1450. The standard InChI is InChI=1S/C42H60N2O2/c1-26-29(27-8-10-28(11-9-27)37(45)46)14-18-39(4)31(26)15-19-40(5)32-16-20-42(17-6-7-33(42)30(32)12-13-34(39)40)43-21-22-44-25-41-23-35(41)38(2,3)24-36(41)44/h8-11,14,26,30-36,43H,6-7,12-13,15-25H2,1-5H3,(H,45,46)/t26?,30?,31?,32?,33-,34?,35?,36?,39?,40?,41?,42?/m1/s1. The molecule has 12 atom stereocenters. The number of benzene rings is 1. The summed E-state index contributed by atoms with van der Waals surface area (Å²) in [6, 6.07) is 8.57. The average molecular weight is 625 g/mol. The van der Waals surface area contributed by atoms with Crippen molar-refractivity contribution in [2.24, 2.45) is 63.1 Å². The largest absolute Gasteiger partial charge is 0.478 e. The van der Waals surface area contributed by atoms with Gasteiger partial charge < -0.3 is 10.4 Å². The summed E-state index contributed by atoms with van der Waals surface area (Å²) in [5, 5.41) is 13.8. The Morgan fingerprint density at radius 3 is 2.41 bits per heavy atom. The third kappa shape index (κ3) is 4.01. The van der Waals surface area contributed by atoms with Gasteiger partial charge in [0, 0.05) is 36.6 Å². The Morgan fingerprint density at radius 2 is 1.67 bits per heavy atom. The molecule has 4 heteroatoms. The van der Waals surface area contributed by atoms with Crippen LogP contribution in [0.15, 0.2) is 30.3 Å². The number of likely N-dealkylation sites (tertiary alicyclic amines) is 1. The summed E-state index contributed by atoms with van der Waals surface area (Å²) in [6.45, 7) is 16.9. The minimum atomic E-state index is -0.839. The van der Waals surface area contributed by atoms with Crippen LogP contribution in [0.5, 0.6) is 0 Å². The van der Waals surface area contributed by atoms with E-state index < -0.39 is 5.97 Å². The topological polar surface area (TPSA) is 52.6 Å². The fourth-order valence-electron chi connectivity index (χ4n) is 15.4. The number of hydrogen-bond acceptors (Lipinski definition) is 3. The monoisotopic (exact) mass is 624 g/mol. The molecule has 1 heterocycles. The molecule has 8 aliphatic rings. The van der Waals surface area contributed by atoms with Crippen LogP contribution in [0.2, 0.25) is 0 Å². The molecule has 6 saturated carbocycles. The first-order valence-corrected chi connectivity index (χ1v) is 19.4. The van der Waals surface area contributed by atoms with Crippen molar-refractivity contribution < 1.29 is 9.90 Å². The molecule has 1 spiro atoms. The number of fused-ring (bicyclic) bond motifs is 7. The molecule has 7 aliphatic carbocycles. The van der Waals surface area contributed by atoms with Crippen LogP contribution in [0.4, 0.5) is 0 Å². The van der Waals surface area contributed by atoms with Gasteiger partial charge in [-0.1, -0.05) is 59.2 Å². The zero-order valence-electron chi connectivity index (χ0n) is 29.4. The highest BCUT2D eigenvalue weighted by Gasteiger charge is 2.76. The molecule has 0 bridgehead atoms. The number of aromatic carboxylic acids is 1. The molecule has 7 fully saturated rings. The van der Waals surface area contributed by atoms with Gasteiger partial charge in [0.15, 0.2) is 0 Å². The minimum absolute atomic E-state index is 0.369. The first-order valence-electron chi connectivity index (χ1n) is 19.4. The maximum Gasteiger partial charge on any atom is 0.335 e. The second kappa shape index (κ2) is 9.96. The molecule has 46 heavy (non-hydrogen) atoms. The summed E-state index contributed by atoms with van der Waals surface area (Å²) in [4.78, 5) is 14.3. The zero-order valence-corrected chi connectivity index (χ0v) is 29.4. The van der Waals surface area contributed by atoms with E-state index in [0.29, 0.717) is 39.2 Å². The van der Waals surface area contributed by atoms with Crippen LogP contribution in [0.3, 0.4) is 0 Å². The van der Waals surface area contributed by atoms with Gasteiger partial charge in [0.2, 0.25) is 0 Å². The highest BCUT2D eigenvalue weighted by molar-refractivity contribution is 5.88. The number of carboxylic acids is 1. The van der Waals surface area contributed by atoms with Crippen molar-refractivity contribution in [3.8, 4) is 0 Å². The molecular weight excluding hydrogens is 564 g/mol. The Morgan fingerprint density at radius 1 is 0.891 bits per heavy atom. The lowest BCUT2D eigenvalue weighted by Gasteiger charge is -2.67. The SMILES string of the molecule is CC1C(c2ccc(C(=O)O)cc2)=CCC2(C)C1CCC1(C)C3CCC4(NCCN5CC67CC6C(C)(C)CC57)CCC[C@@H]4C3CCC21. The van der Waals surface area contributed by atoms with Crippen molar-refractivity contribution in [2.45, 2.75) is 123 Å². The molecule has 1 aliphatic heterocycles. The zero-order chi connectivity index (χ0) is 31.9. The van der Waals surface area contributed by atoms with E-state index in [2.05, 4.69) is 50.9 Å².